The van der Waals surface area contributed by atoms with Crippen LogP contribution in [-0.2, 0) is 14.3 Å². The number of carbonyl (C=O) groups is 2. The van der Waals surface area contributed by atoms with Crippen molar-refractivity contribution in [2.45, 2.75) is 25.5 Å². The minimum absolute atomic E-state index is 0.123. The third-order valence-electron chi connectivity index (χ3n) is 4.40. The molecule has 2 aromatic rings. The third-order valence-corrected chi connectivity index (χ3v) is 4.40. The number of carbonyl (C=O) groups excluding carboxylic acids is 2. The molecule has 0 spiro atoms. The van der Waals surface area contributed by atoms with Crippen molar-refractivity contribution >= 4 is 28.5 Å². The minimum atomic E-state index is -1.61. The summed E-state index contributed by atoms with van der Waals surface area (Å²) in [5, 5.41) is 11.5. The third kappa shape index (κ3) is 2.71. The number of nitro groups is 1. The Morgan fingerprint density at radius 2 is 2.12 bits per heavy atom. The van der Waals surface area contributed by atoms with Gasteiger partial charge in [-0.05, 0) is 24.6 Å². The summed E-state index contributed by atoms with van der Waals surface area (Å²) < 4.78 is 10.9. The zero-order chi connectivity index (χ0) is 18.9. The number of nitro benzene ring substituents is 1. The summed E-state index contributed by atoms with van der Waals surface area (Å²) in [5.41, 5.74) is -1.50. The molecule has 26 heavy (non-hydrogen) atoms. The molecule has 0 saturated carbocycles. The fourth-order valence-electron chi connectivity index (χ4n) is 3.28. The largest absolute Gasteiger partial charge is 0.465 e. The molecular formula is C17H17N3O6. The molecule has 1 aromatic carbocycles. The predicted octanol–water partition coefficient (Wildman–Crippen LogP) is 2.03. The monoisotopic (exact) mass is 359 g/mol. The van der Waals surface area contributed by atoms with E-state index in [9.17, 15) is 19.7 Å². The Bertz CT molecular complexity index is 899. The van der Waals surface area contributed by atoms with Crippen LogP contribution in [0.25, 0.3) is 10.9 Å². The van der Waals surface area contributed by atoms with Gasteiger partial charge in [0.15, 0.2) is 0 Å². The Labute approximate surface area is 148 Å². The van der Waals surface area contributed by atoms with E-state index in [1.807, 2.05) is 0 Å². The van der Waals surface area contributed by atoms with Crippen molar-refractivity contribution in [2.75, 3.05) is 13.7 Å². The molecule has 1 fully saturated rings. The zero-order valence-electron chi connectivity index (χ0n) is 14.3. The van der Waals surface area contributed by atoms with Gasteiger partial charge in [0.2, 0.25) is 5.91 Å². The van der Waals surface area contributed by atoms with E-state index in [2.05, 4.69) is 4.98 Å². The van der Waals surface area contributed by atoms with Gasteiger partial charge in [-0.2, -0.15) is 0 Å². The number of aromatic nitrogens is 1. The summed E-state index contributed by atoms with van der Waals surface area (Å²) in [6, 6.07) is 5.80. The molecule has 0 N–H and O–H groups in total. The molecule has 1 aromatic heterocycles. The molecule has 136 valence electrons. The van der Waals surface area contributed by atoms with E-state index in [1.165, 1.54) is 37.3 Å². The number of amides is 1. The molecule has 1 aliphatic heterocycles. The lowest BCUT2D eigenvalue weighted by Gasteiger charge is -2.35. The Balaban J connectivity index is 2.14. The van der Waals surface area contributed by atoms with Crippen LogP contribution in [0.15, 0.2) is 30.5 Å². The maximum Gasteiger partial charge on any atom is 0.372 e. The first-order chi connectivity index (χ1) is 12.4. The maximum absolute atomic E-state index is 12.5. The number of fused-ring (bicyclic) bond motifs is 1. The van der Waals surface area contributed by atoms with Crippen LogP contribution in [-0.4, -0.2) is 46.1 Å². The van der Waals surface area contributed by atoms with E-state index in [0.29, 0.717) is 13.0 Å². The van der Waals surface area contributed by atoms with Crippen molar-refractivity contribution in [2.24, 2.45) is 0 Å². The number of hydrogen-bond acceptors (Lipinski definition) is 7. The molecular weight excluding hydrogens is 342 g/mol. The Kier molecular flexibility index (Phi) is 4.45. The number of non-ortho nitro benzene ring substituents is 1. The standard InChI is InChI=1S/C17H17N3O6/c1-11(21)19-10-4-8-17(19,16(22)25-2)26-14-7-6-13(20(23)24)12-5-3-9-18-15(12)14/h3,5-7,9H,4,8,10H2,1-2H3/t17-/m0/s1. The molecule has 9 nitrogen and oxygen atoms in total. The van der Waals surface area contributed by atoms with E-state index >= 15 is 0 Å². The molecule has 1 aliphatic rings. The van der Waals surface area contributed by atoms with Crippen molar-refractivity contribution in [3.05, 3.63) is 40.6 Å². The Hall–Kier alpha value is -3.23. The van der Waals surface area contributed by atoms with Gasteiger partial charge in [0.25, 0.3) is 11.4 Å². The summed E-state index contributed by atoms with van der Waals surface area (Å²) in [6.07, 6.45) is 2.29. The van der Waals surface area contributed by atoms with E-state index in [-0.39, 0.29) is 34.7 Å². The second kappa shape index (κ2) is 6.58. The van der Waals surface area contributed by atoms with Crippen molar-refractivity contribution in [3.63, 3.8) is 0 Å². The summed E-state index contributed by atoms with van der Waals surface area (Å²) in [6.45, 7) is 1.70. The van der Waals surface area contributed by atoms with E-state index in [0.717, 1.165) is 0 Å². The molecule has 1 amide bonds. The number of hydrogen-bond donors (Lipinski definition) is 0. The smallest absolute Gasteiger partial charge is 0.372 e. The summed E-state index contributed by atoms with van der Waals surface area (Å²) in [7, 11) is 1.22. The highest BCUT2D eigenvalue weighted by molar-refractivity contribution is 5.93. The summed E-state index contributed by atoms with van der Waals surface area (Å²) in [4.78, 5) is 40.7. The van der Waals surface area contributed by atoms with Crippen LogP contribution >= 0.6 is 0 Å². The predicted molar refractivity (Wildman–Crippen MR) is 90.4 cm³/mol. The van der Waals surface area contributed by atoms with Gasteiger partial charge >= 0.3 is 5.97 Å². The number of ether oxygens (including phenoxy) is 2. The van der Waals surface area contributed by atoms with E-state index < -0.39 is 16.6 Å². The number of nitrogens with zero attached hydrogens (tertiary/aromatic N) is 3. The zero-order valence-corrected chi connectivity index (χ0v) is 14.3. The lowest BCUT2D eigenvalue weighted by atomic mass is 10.1. The van der Waals surface area contributed by atoms with Crippen molar-refractivity contribution < 1.29 is 24.0 Å². The van der Waals surface area contributed by atoms with Gasteiger partial charge in [0.05, 0.1) is 17.4 Å². The average molecular weight is 359 g/mol. The maximum atomic E-state index is 12.5. The first-order valence-electron chi connectivity index (χ1n) is 7.98. The number of esters is 1. The molecule has 0 radical (unpaired) electrons. The molecule has 0 bridgehead atoms. The van der Waals surface area contributed by atoms with Crippen LogP contribution in [0.5, 0.6) is 5.75 Å². The second-order valence-electron chi connectivity index (χ2n) is 5.89. The topological polar surface area (TPSA) is 112 Å². The second-order valence-corrected chi connectivity index (χ2v) is 5.89. The summed E-state index contributed by atoms with van der Waals surface area (Å²) >= 11 is 0. The average Bonchev–Trinajstić information content (AvgIpc) is 3.06. The molecule has 9 heteroatoms. The first kappa shape index (κ1) is 17.6. The normalized spacial score (nSPS) is 19.4. The van der Waals surface area contributed by atoms with Gasteiger partial charge in [-0.25, -0.2) is 4.79 Å². The minimum Gasteiger partial charge on any atom is -0.465 e. The van der Waals surface area contributed by atoms with Gasteiger partial charge in [0.1, 0.15) is 11.3 Å². The van der Waals surface area contributed by atoms with Gasteiger partial charge < -0.3 is 9.47 Å². The van der Waals surface area contributed by atoms with Crippen LogP contribution in [0.2, 0.25) is 0 Å². The van der Waals surface area contributed by atoms with E-state index in [1.54, 1.807) is 12.1 Å². The van der Waals surface area contributed by atoms with Crippen LogP contribution in [0.3, 0.4) is 0 Å². The molecule has 0 unspecified atom stereocenters. The van der Waals surface area contributed by atoms with Gasteiger partial charge in [-0.15, -0.1) is 0 Å². The van der Waals surface area contributed by atoms with Gasteiger partial charge in [-0.1, -0.05) is 0 Å². The number of pyridine rings is 1. The number of benzene rings is 1. The highest BCUT2D eigenvalue weighted by atomic mass is 16.6. The first-order valence-corrected chi connectivity index (χ1v) is 7.98. The van der Waals surface area contributed by atoms with E-state index in [4.69, 9.17) is 9.47 Å². The molecule has 1 atom stereocenters. The molecule has 2 heterocycles. The highest BCUT2D eigenvalue weighted by Crippen LogP contribution is 2.38. The van der Waals surface area contributed by atoms with Crippen molar-refractivity contribution in [1.82, 2.24) is 9.88 Å². The summed E-state index contributed by atoms with van der Waals surface area (Å²) in [5.74, 6) is -0.857. The number of rotatable bonds is 4. The highest BCUT2D eigenvalue weighted by Gasteiger charge is 2.53. The fraction of sp³-hybridized carbons (Fsp3) is 0.353. The van der Waals surface area contributed by atoms with Crippen LogP contribution < -0.4 is 4.74 Å². The van der Waals surface area contributed by atoms with Gasteiger partial charge in [-0.3, -0.25) is 24.8 Å². The van der Waals surface area contributed by atoms with Crippen LogP contribution in [0, 0.1) is 10.1 Å². The number of likely N-dealkylation sites (tertiary alicyclic amines) is 1. The molecule has 1 saturated heterocycles. The lowest BCUT2D eigenvalue weighted by molar-refractivity contribution is -0.383. The van der Waals surface area contributed by atoms with Crippen LogP contribution in [0.4, 0.5) is 5.69 Å². The van der Waals surface area contributed by atoms with Crippen LogP contribution in [0.1, 0.15) is 19.8 Å². The molecule has 0 aliphatic carbocycles. The quantitative estimate of drug-likeness (QED) is 0.466. The number of methoxy groups -OCH3 is 1. The van der Waals surface area contributed by atoms with Gasteiger partial charge in [0, 0.05) is 32.2 Å². The lowest BCUT2D eigenvalue weighted by Crippen LogP contribution is -2.57. The molecule has 3 rings (SSSR count). The Morgan fingerprint density at radius 1 is 1.35 bits per heavy atom. The SMILES string of the molecule is COC(=O)[C@@]1(Oc2ccc([N+](=O)[O-])c3cccnc23)CCCN1C(C)=O. The van der Waals surface area contributed by atoms with Crippen molar-refractivity contribution in [1.29, 1.82) is 0 Å². The Morgan fingerprint density at radius 3 is 2.77 bits per heavy atom. The fourth-order valence-corrected chi connectivity index (χ4v) is 3.28. The van der Waals surface area contributed by atoms with Crippen molar-refractivity contribution in [3.8, 4) is 5.75 Å².